The van der Waals surface area contributed by atoms with Gasteiger partial charge in [0, 0.05) is 6.54 Å². The lowest BCUT2D eigenvalue weighted by molar-refractivity contribution is 0.455. The van der Waals surface area contributed by atoms with E-state index in [2.05, 4.69) is 18.1 Å². The number of hydrogen-bond donors (Lipinski definition) is 0. The summed E-state index contributed by atoms with van der Waals surface area (Å²) in [5, 5.41) is 0. The van der Waals surface area contributed by atoms with Crippen LogP contribution in [0.2, 0.25) is 0 Å². The quantitative estimate of drug-likeness (QED) is 0.609. The maximum absolute atomic E-state index is 12.3. The molecule has 14 heavy (non-hydrogen) atoms. The Morgan fingerprint density at radius 2 is 1.86 bits per heavy atom. The van der Waals surface area contributed by atoms with Gasteiger partial charge in [-0.1, -0.05) is 25.3 Å². The van der Waals surface area contributed by atoms with E-state index in [1.807, 2.05) is 27.1 Å². The molecule has 0 saturated carbocycles. The van der Waals surface area contributed by atoms with Gasteiger partial charge >= 0.3 is 0 Å². The van der Waals surface area contributed by atoms with E-state index in [1.165, 1.54) is 6.08 Å². The summed E-state index contributed by atoms with van der Waals surface area (Å²) in [6.07, 6.45) is 4.99. The smallest absolute Gasteiger partial charge is 0.116 e. The van der Waals surface area contributed by atoms with Crippen molar-refractivity contribution in [1.82, 2.24) is 4.90 Å². The zero-order valence-electron chi connectivity index (χ0n) is 9.18. The van der Waals surface area contributed by atoms with Gasteiger partial charge in [-0.2, -0.15) is 0 Å². The second-order valence-corrected chi connectivity index (χ2v) is 3.45. The zero-order valence-corrected chi connectivity index (χ0v) is 9.18. The fraction of sp³-hybridized carbons (Fsp3) is 0.333. The fourth-order valence-corrected chi connectivity index (χ4v) is 0.773. The average Bonchev–Trinajstić information content (AvgIpc) is 2.09. The summed E-state index contributed by atoms with van der Waals surface area (Å²) < 4.78 is 12.3. The Balaban J connectivity index is 4.25. The van der Waals surface area contributed by atoms with Gasteiger partial charge in [-0.3, -0.25) is 0 Å². The Morgan fingerprint density at radius 1 is 1.29 bits per heavy atom. The van der Waals surface area contributed by atoms with Crippen LogP contribution in [-0.4, -0.2) is 25.5 Å². The first-order chi connectivity index (χ1) is 6.43. The molecule has 0 rings (SSSR count). The SMILES string of the molecule is C=C(F)/C=C\C(=C)/C(C)=C/CN(C)C. The third-order valence-electron chi connectivity index (χ3n) is 1.73. The molecule has 0 atom stereocenters. The summed E-state index contributed by atoms with van der Waals surface area (Å²) in [4.78, 5) is 2.05. The van der Waals surface area contributed by atoms with Crippen LogP contribution < -0.4 is 0 Å². The van der Waals surface area contributed by atoms with Crippen LogP contribution in [0.15, 0.2) is 48.4 Å². The van der Waals surface area contributed by atoms with Gasteiger partial charge in [-0.25, -0.2) is 4.39 Å². The first-order valence-corrected chi connectivity index (χ1v) is 4.46. The van der Waals surface area contributed by atoms with Crippen molar-refractivity contribution < 1.29 is 4.39 Å². The fourth-order valence-electron chi connectivity index (χ4n) is 0.773. The average molecular weight is 195 g/mol. The lowest BCUT2D eigenvalue weighted by Crippen LogP contribution is -2.11. The number of rotatable bonds is 5. The molecule has 0 N–H and O–H groups in total. The van der Waals surface area contributed by atoms with Crippen molar-refractivity contribution in [2.75, 3.05) is 20.6 Å². The van der Waals surface area contributed by atoms with Crippen molar-refractivity contribution >= 4 is 0 Å². The maximum Gasteiger partial charge on any atom is 0.116 e. The molecule has 0 aromatic heterocycles. The summed E-state index contributed by atoms with van der Waals surface area (Å²) in [6, 6.07) is 0. The molecule has 0 aromatic rings. The monoisotopic (exact) mass is 195 g/mol. The Labute approximate surface area is 85.9 Å². The standard InChI is InChI=1S/C12H18FN/c1-10(6-7-12(3)13)11(2)8-9-14(4)5/h6-8H,1,3,9H2,2,4-5H3/b7-6-,11-8+. The van der Waals surface area contributed by atoms with E-state index in [0.717, 1.165) is 17.7 Å². The molecule has 0 bridgehead atoms. The molecule has 78 valence electrons. The first-order valence-electron chi connectivity index (χ1n) is 4.46. The van der Waals surface area contributed by atoms with Crippen LogP contribution in [0.25, 0.3) is 0 Å². The maximum atomic E-state index is 12.3. The largest absolute Gasteiger partial charge is 0.306 e. The highest BCUT2D eigenvalue weighted by Crippen LogP contribution is 2.09. The van der Waals surface area contributed by atoms with Crippen LogP contribution in [0.5, 0.6) is 0 Å². The molecular formula is C12H18FN. The third kappa shape index (κ3) is 6.38. The number of halogens is 1. The van der Waals surface area contributed by atoms with E-state index in [-0.39, 0.29) is 0 Å². The molecule has 0 fully saturated rings. The summed E-state index contributed by atoms with van der Waals surface area (Å²) >= 11 is 0. The van der Waals surface area contributed by atoms with Crippen LogP contribution in [0.3, 0.4) is 0 Å². The van der Waals surface area contributed by atoms with Crippen LogP contribution in [0.4, 0.5) is 4.39 Å². The van der Waals surface area contributed by atoms with E-state index in [9.17, 15) is 4.39 Å². The molecule has 0 aliphatic carbocycles. The molecular weight excluding hydrogens is 177 g/mol. The van der Waals surface area contributed by atoms with E-state index in [4.69, 9.17) is 0 Å². The van der Waals surface area contributed by atoms with Crippen molar-refractivity contribution in [3.05, 3.63) is 48.4 Å². The van der Waals surface area contributed by atoms with Gasteiger partial charge in [0.15, 0.2) is 0 Å². The molecule has 1 nitrogen and oxygen atoms in total. The molecule has 0 unspecified atom stereocenters. The van der Waals surface area contributed by atoms with Gasteiger partial charge < -0.3 is 4.90 Å². The van der Waals surface area contributed by atoms with E-state index >= 15 is 0 Å². The predicted molar refractivity (Wildman–Crippen MR) is 60.8 cm³/mol. The van der Waals surface area contributed by atoms with Crippen molar-refractivity contribution in [3.8, 4) is 0 Å². The normalized spacial score (nSPS) is 12.5. The number of likely N-dealkylation sites (N-methyl/N-ethyl adjacent to an activating group) is 1. The van der Waals surface area contributed by atoms with Gasteiger partial charge in [0.1, 0.15) is 5.83 Å². The van der Waals surface area contributed by atoms with Crippen LogP contribution >= 0.6 is 0 Å². The Kier molecular flexibility index (Phi) is 5.81. The van der Waals surface area contributed by atoms with Crippen molar-refractivity contribution in [2.45, 2.75) is 6.92 Å². The highest BCUT2D eigenvalue weighted by Gasteiger charge is 1.93. The summed E-state index contributed by atoms with van der Waals surface area (Å²) in [5.74, 6) is -0.452. The number of nitrogens with zero attached hydrogens (tertiary/aromatic N) is 1. The Bertz CT molecular complexity index is 272. The van der Waals surface area contributed by atoms with Gasteiger partial charge in [0.25, 0.3) is 0 Å². The van der Waals surface area contributed by atoms with Crippen LogP contribution in [0.1, 0.15) is 6.92 Å². The molecule has 0 saturated heterocycles. The third-order valence-corrected chi connectivity index (χ3v) is 1.73. The minimum atomic E-state index is -0.452. The van der Waals surface area contributed by atoms with Crippen LogP contribution in [0, 0.1) is 0 Å². The molecule has 0 aromatic carbocycles. The van der Waals surface area contributed by atoms with E-state index in [1.54, 1.807) is 6.08 Å². The lowest BCUT2D eigenvalue weighted by Gasteiger charge is -2.06. The lowest BCUT2D eigenvalue weighted by atomic mass is 10.1. The molecule has 0 radical (unpaired) electrons. The van der Waals surface area contributed by atoms with Gasteiger partial charge in [0.05, 0.1) is 0 Å². The van der Waals surface area contributed by atoms with Crippen molar-refractivity contribution in [3.63, 3.8) is 0 Å². The van der Waals surface area contributed by atoms with E-state index < -0.39 is 5.83 Å². The van der Waals surface area contributed by atoms with Gasteiger partial charge in [0.2, 0.25) is 0 Å². The molecule has 0 heterocycles. The molecule has 0 spiro atoms. The van der Waals surface area contributed by atoms with Crippen LogP contribution in [-0.2, 0) is 0 Å². The highest BCUT2D eigenvalue weighted by atomic mass is 19.1. The number of allylic oxidation sites excluding steroid dienone is 5. The topological polar surface area (TPSA) is 3.24 Å². The molecule has 2 heteroatoms. The first kappa shape index (κ1) is 12.8. The molecule has 0 aliphatic heterocycles. The molecule has 0 aliphatic rings. The number of hydrogen-bond acceptors (Lipinski definition) is 1. The summed E-state index contributed by atoms with van der Waals surface area (Å²) in [5.41, 5.74) is 1.86. The predicted octanol–water partition coefficient (Wildman–Crippen LogP) is 3.09. The minimum Gasteiger partial charge on any atom is -0.306 e. The Hall–Kier alpha value is -1.15. The summed E-state index contributed by atoms with van der Waals surface area (Å²) in [7, 11) is 3.98. The van der Waals surface area contributed by atoms with Crippen molar-refractivity contribution in [2.24, 2.45) is 0 Å². The van der Waals surface area contributed by atoms with Gasteiger partial charge in [-0.05, 0) is 38.2 Å². The van der Waals surface area contributed by atoms with Crippen molar-refractivity contribution in [1.29, 1.82) is 0 Å². The summed E-state index contributed by atoms with van der Waals surface area (Å²) in [6.45, 7) is 9.77. The van der Waals surface area contributed by atoms with Gasteiger partial charge in [-0.15, -0.1) is 0 Å². The minimum absolute atomic E-state index is 0.452. The Morgan fingerprint density at radius 3 is 2.29 bits per heavy atom. The zero-order chi connectivity index (χ0) is 11.1. The molecule has 0 amide bonds. The van der Waals surface area contributed by atoms with E-state index in [0.29, 0.717) is 0 Å². The second kappa shape index (κ2) is 6.33. The second-order valence-electron chi connectivity index (χ2n) is 3.45. The highest BCUT2D eigenvalue weighted by molar-refractivity contribution is 5.37.